The number of hydrogen-bond acceptors (Lipinski definition) is 3. The largest absolute Gasteiger partial charge is 1.00 e. The zero-order valence-corrected chi connectivity index (χ0v) is 8.61. The molecule has 0 saturated heterocycles. The predicted octanol–water partition coefficient (Wildman–Crippen LogP) is -2.83. The van der Waals surface area contributed by atoms with Gasteiger partial charge in [-0.1, -0.05) is 11.1 Å². The Morgan fingerprint density at radius 1 is 1.70 bits per heavy atom. The van der Waals surface area contributed by atoms with E-state index in [1.165, 1.54) is 0 Å². The second kappa shape index (κ2) is 3.84. The molecule has 50 valence electrons. The van der Waals surface area contributed by atoms with E-state index in [9.17, 15) is 8.76 Å². The van der Waals surface area contributed by atoms with Crippen molar-refractivity contribution in [1.29, 1.82) is 5.26 Å². The molecule has 0 radical (unpaired) electrons. The SMILES string of the molecule is N#CC1(CS(=O)[O-])CC1.[Na+]. The van der Waals surface area contributed by atoms with Gasteiger partial charge in [0, 0.05) is 5.75 Å². The Bertz CT molecular complexity index is 185. The van der Waals surface area contributed by atoms with E-state index in [2.05, 4.69) is 0 Å². The van der Waals surface area contributed by atoms with Gasteiger partial charge in [0.05, 0.1) is 11.5 Å². The van der Waals surface area contributed by atoms with Crippen molar-refractivity contribution in [2.24, 2.45) is 5.41 Å². The molecule has 5 heteroatoms. The third-order valence-electron chi connectivity index (χ3n) is 1.48. The second-order valence-corrected chi connectivity index (χ2v) is 3.24. The molecular weight excluding hydrogens is 161 g/mol. The molecule has 0 spiro atoms. The molecule has 1 atom stereocenters. The minimum Gasteiger partial charge on any atom is -0.772 e. The fraction of sp³-hybridized carbons (Fsp3) is 0.800. The standard InChI is InChI=1S/C5H7NO2S.Na/c6-3-5(1-2-5)4-9(7)8;/h1-2,4H2,(H,7,8);/q;+1/p-1. The Morgan fingerprint density at radius 3 is 2.30 bits per heavy atom. The van der Waals surface area contributed by atoms with E-state index < -0.39 is 16.5 Å². The topological polar surface area (TPSA) is 63.9 Å². The van der Waals surface area contributed by atoms with Crippen LogP contribution in [0.3, 0.4) is 0 Å². The number of rotatable bonds is 2. The Balaban J connectivity index is 0.000000810. The number of hydrogen-bond donors (Lipinski definition) is 0. The summed E-state index contributed by atoms with van der Waals surface area (Å²) >= 11 is -2.04. The average Bonchev–Trinajstić information content (AvgIpc) is 2.48. The van der Waals surface area contributed by atoms with Crippen molar-refractivity contribution >= 4 is 11.1 Å². The third kappa shape index (κ3) is 2.69. The van der Waals surface area contributed by atoms with Gasteiger partial charge in [0.1, 0.15) is 0 Å². The van der Waals surface area contributed by atoms with Crippen LogP contribution in [0.2, 0.25) is 0 Å². The molecule has 0 aliphatic heterocycles. The first-order valence-electron chi connectivity index (χ1n) is 2.66. The summed E-state index contributed by atoms with van der Waals surface area (Å²) in [5, 5.41) is 8.38. The zero-order chi connectivity index (χ0) is 6.91. The van der Waals surface area contributed by atoms with Crippen LogP contribution in [0, 0.1) is 16.7 Å². The molecule has 1 rings (SSSR count). The van der Waals surface area contributed by atoms with E-state index in [4.69, 9.17) is 5.26 Å². The van der Waals surface area contributed by atoms with E-state index in [0.717, 1.165) is 12.8 Å². The van der Waals surface area contributed by atoms with Gasteiger partial charge in [0.15, 0.2) is 0 Å². The number of nitriles is 1. The molecule has 0 N–H and O–H groups in total. The fourth-order valence-electron chi connectivity index (χ4n) is 0.665. The maximum Gasteiger partial charge on any atom is 1.00 e. The van der Waals surface area contributed by atoms with E-state index in [0.29, 0.717) is 0 Å². The summed E-state index contributed by atoms with van der Waals surface area (Å²) in [4.78, 5) is 0. The van der Waals surface area contributed by atoms with Gasteiger partial charge < -0.3 is 4.55 Å². The van der Waals surface area contributed by atoms with Crippen LogP contribution < -0.4 is 29.6 Å². The second-order valence-electron chi connectivity index (χ2n) is 2.34. The Hall–Kier alpha value is 0.600. The molecule has 0 aromatic heterocycles. The molecule has 0 aromatic carbocycles. The minimum absolute atomic E-state index is 0. The molecule has 0 bridgehead atoms. The summed E-state index contributed by atoms with van der Waals surface area (Å²) in [5.41, 5.74) is -0.493. The summed E-state index contributed by atoms with van der Waals surface area (Å²) in [5.74, 6) is 0.0174. The van der Waals surface area contributed by atoms with Gasteiger partial charge >= 0.3 is 29.6 Å². The van der Waals surface area contributed by atoms with Gasteiger partial charge in [0.2, 0.25) is 0 Å². The third-order valence-corrected chi connectivity index (χ3v) is 2.27. The zero-order valence-electron chi connectivity index (χ0n) is 5.79. The van der Waals surface area contributed by atoms with Crippen LogP contribution >= 0.6 is 0 Å². The van der Waals surface area contributed by atoms with E-state index in [1.54, 1.807) is 0 Å². The fourth-order valence-corrected chi connectivity index (χ4v) is 1.47. The van der Waals surface area contributed by atoms with Crippen LogP contribution in [0.15, 0.2) is 0 Å². The van der Waals surface area contributed by atoms with Crippen molar-refractivity contribution in [1.82, 2.24) is 0 Å². The van der Waals surface area contributed by atoms with E-state index >= 15 is 0 Å². The van der Waals surface area contributed by atoms with Gasteiger partial charge in [-0.05, 0) is 12.8 Å². The molecule has 1 fully saturated rings. The smallest absolute Gasteiger partial charge is 0.772 e. The molecule has 1 unspecified atom stereocenters. The van der Waals surface area contributed by atoms with Crippen LogP contribution in [-0.4, -0.2) is 14.5 Å². The van der Waals surface area contributed by atoms with Crippen molar-refractivity contribution in [3.05, 3.63) is 0 Å². The van der Waals surface area contributed by atoms with Gasteiger partial charge in [-0.3, -0.25) is 4.21 Å². The van der Waals surface area contributed by atoms with Crippen molar-refractivity contribution in [2.75, 3.05) is 5.75 Å². The molecule has 0 heterocycles. The van der Waals surface area contributed by atoms with Crippen molar-refractivity contribution in [2.45, 2.75) is 12.8 Å². The van der Waals surface area contributed by atoms with Crippen molar-refractivity contribution in [3.8, 4) is 6.07 Å². The summed E-state index contributed by atoms with van der Waals surface area (Å²) in [7, 11) is 0. The van der Waals surface area contributed by atoms with Gasteiger partial charge in [-0.25, -0.2) is 0 Å². The van der Waals surface area contributed by atoms with Crippen LogP contribution in [0.25, 0.3) is 0 Å². The predicted molar refractivity (Wildman–Crippen MR) is 31.1 cm³/mol. The first-order valence-corrected chi connectivity index (χ1v) is 3.90. The molecule has 1 aliphatic carbocycles. The summed E-state index contributed by atoms with van der Waals surface area (Å²) in [6.45, 7) is 0. The first-order chi connectivity index (χ1) is 4.18. The summed E-state index contributed by atoms with van der Waals surface area (Å²) in [6, 6.07) is 1.99. The minimum atomic E-state index is -2.04. The first kappa shape index (κ1) is 10.6. The van der Waals surface area contributed by atoms with Gasteiger partial charge in [0.25, 0.3) is 0 Å². The summed E-state index contributed by atoms with van der Waals surface area (Å²) < 4.78 is 20.1. The molecule has 1 aliphatic rings. The molecular formula is C5H6NNaO2S. The van der Waals surface area contributed by atoms with Crippen molar-refractivity contribution in [3.63, 3.8) is 0 Å². The average molecular weight is 167 g/mol. The maximum absolute atomic E-state index is 10.1. The van der Waals surface area contributed by atoms with E-state index in [-0.39, 0.29) is 35.3 Å². The quantitative estimate of drug-likeness (QED) is 0.329. The maximum atomic E-state index is 10.1. The molecule has 1 saturated carbocycles. The Kier molecular flexibility index (Phi) is 4.07. The van der Waals surface area contributed by atoms with Crippen molar-refractivity contribution < 1.29 is 38.3 Å². The molecule has 0 aromatic rings. The number of nitrogens with zero attached hydrogens (tertiary/aromatic N) is 1. The normalized spacial score (nSPS) is 22.0. The van der Waals surface area contributed by atoms with Crippen LogP contribution in [0.1, 0.15) is 12.8 Å². The monoisotopic (exact) mass is 167 g/mol. The summed E-state index contributed by atoms with van der Waals surface area (Å²) in [6.07, 6.45) is 1.50. The molecule has 3 nitrogen and oxygen atoms in total. The molecule has 0 amide bonds. The Labute approximate surface area is 84.4 Å². The van der Waals surface area contributed by atoms with Crippen LogP contribution in [0.4, 0.5) is 0 Å². The molecule has 10 heavy (non-hydrogen) atoms. The van der Waals surface area contributed by atoms with Crippen LogP contribution in [0.5, 0.6) is 0 Å². The van der Waals surface area contributed by atoms with Crippen LogP contribution in [-0.2, 0) is 11.1 Å². The van der Waals surface area contributed by atoms with Gasteiger partial charge in [-0.2, -0.15) is 5.26 Å². The van der Waals surface area contributed by atoms with E-state index in [1.807, 2.05) is 6.07 Å². The van der Waals surface area contributed by atoms with Gasteiger partial charge in [-0.15, -0.1) is 0 Å². The Morgan fingerprint density at radius 2 is 2.20 bits per heavy atom.